The second-order valence-electron chi connectivity index (χ2n) is 7.09. The van der Waals surface area contributed by atoms with E-state index in [1.54, 1.807) is 0 Å². The van der Waals surface area contributed by atoms with Crippen molar-refractivity contribution in [3.63, 3.8) is 0 Å². The molecule has 0 aromatic carbocycles. The second kappa shape index (κ2) is 5.62. The Morgan fingerprint density at radius 1 is 1.15 bits per heavy atom. The lowest BCUT2D eigenvalue weighted by Crippen LogP contribution is -2.55. The molecule has 2 fully saturated rings. The van der Waals surface area contributed by atoms with Crippen molar-refractivity contribution in [3.8, 4) is 0 Å². The van der Waals surface area contributed by atoms with Crippen molar-refractivity contribution in [2.24, 2.45) is 5.41 Å². The zero-order valence-corrected chi connectivity index (χ0v) is 12.5. The van der Waals surface area contributed by atoms with Crippen LogP contribution in [-0.4, -0.2) is 28.7 Å². The van der Waals surface area contributed by atoms with Crippen LogP contribution in [0.3, 0.4) is 0 Å². The molecule has 2 saturated carbocycles. The molecular weight excluding hydrogens is 256 g/mol. The Morgan fingerprint density at radius 2 is 1.80 bits per heavy atom. The summed E-state index contributed by atoms with van der Waals surface area (Å²) < 4.78 is 0. The minimum Gasteiger partial charge on any atom is -0.481 e. The summed E-state index contributed by atoms with van der Waals surface area (Å²) in [4.78, 5) is 23.2. The van der Waals surface area contributed by atoms with Gasteiger partial charge in [-0.25, -0.2) is 4.79 Å². The van der Waals surface area contributed by atoms with E-state index in [1.807, 2.05) is 0 Å². The highest BCUT2D eigenvalue weighted by Gasteiger charge is 2.40. The number of urea groups is 1. The number of carbonyl (C=O) groups is 2. The maximum Gasteiger partial charge on any atom is 0.315 e. The first-order valence-corrected chi connectivity index (χ1v) is 7.64. The molecule has 2 aliphatic carbocycles. The number of hydrogen-bond acceptors (Lipinski definition) is 2. The van der Waals surface area contributed by atoms with E-state index in [-0.39, 0.29) is 23.9 Å². The minimum absolute atomic E-state index is 0.0223. The highest BCUT2D eigenvalue weighted by Crippen LogP contribution is 2.37. The number of carboxylic acid groups (broad SMARTS) is 1. The van der Waals surface area contributed by atoms with Gasteiger partial charge in [-0.15, -0.1) is 0 Å². The summed E-state index contributed by atoms with van der Waals surface area (Å²) in [6.45, 7) is 4.35. The molecule has 0 aromatic rings. The summed E-state index contributed by atoms with van der Waals surface area (Å²) in [6.07, 6.45) is 6.80. The lowest BCUT2D eigenvalue weighted by molar-refractivity contribution is -0.138. The Morgan fingerprint density at radius 3 is 2.30 bits per heavy atom. The molecule has 2 aliphatic rings. The van der Waals surface area contributed by atoms with Crippen molar-refractivity contribution in [2.75, 3.05) is 0 Å². The molecule has 5 nitrogen and oxygen atoms in total. The lowest BCUT2D eigenvalue weighted by Gasteiger charge is -2.32. The molecule has 0 bridgehead atoms. The van der Waals surface area contributed by atoms with Gasteiger partial charge in [0.05, 0.1) is 12.0 Å². The summed E-state index contributed by atoms with van der Waals surface area (Å²) >= 11 is 0. The molecule has 5 heteroatoms. The Kier molecular flexibility index (Phi) is 4.25. The summed E-state index contributed by atoms with van der Waals surface area (Å²) in [5, 5.41) is 15.1. The largest absolute Gasteiger partial charge is 0.481 e. The first-order valence-electron chi connectivity index (χ1n) is 7.64. The second-order valence-corrected chi connectivity index (χ2v) is 7.09. The third-order valence-electron chi connectivity index (χ3n) is 4.99. The number of nitrogens with one attached hydrogen (secondary N) is 2. The quantitative estimate of drug-likeness (QED) is 0.741. The van der Waals surface area contributed by atoms with Gasteiger partial charge in [0.1, 0.15) is 0 Å². The van der Waals surface area contributed by atoms with E-state index in [9.17, 15) is 9.59 Å². The number of aliphatic carboxylic acids is 1. The summed E-state index contributed by atoms with van der Waals surface area (Å²) in [5.41, 5.74) is -0.411. The van der Waals surface area contributed by atoms with E-state index in [1.165, 1.54) is 0 Å². The fourth-order valence-corrected chi connectivity index (χ4v) is 3.72. The summed E-state index contributed by atoms with van der Waals surface area (Å²) in [7, 11) is 0. The molecule has 1 atom stereocenters. The van der Waals surface area contributed by atoms with Gasteiger partial charge in [0.15, 0.2) is 0 Å². The van der Waals surface area contributed by atoms with E-state index < -0.39 is 11.5 Å². The predicted molar refractivity (Wildman–Crippen MR) is 76.5 cm³/mol. The van der Waals surface area contributed by atoms with Crippen LogP contribution in [0.2, 0.25) is 0 Å². The SMILES string of the molecule is CC1(C)CCCC1NC(=O)NC1(CC(=O)O)CCCC1. The first kappa shape index (κ1) is 15.1. The third kappa shape index (κ3) is 3.44. The van der Waals surface area contributed by atoms with Gasteiger partial charge in [-0.1, -0.05) is 33.1 Å². The highest BCUT2D eigenvalue weighted by molar-refractivity contribution is 5.77. The van der Waals surface area contributed by atoms with Crippen LogP contribution in [0.25, 0.3) is 0 Å². The minimum atomic E-state index is -0.839. The van der Waals surface area contributed by atoms with Crippen molar-refractivity contribution in [2.45, 2.75) is 76.8 Å². The van der Waals surface area contributed by atoms with Crippen LogP contribution in [-0.2, 0) is 4.79 Å². The molecule has 3 N–H and O–H groups in total. The lowest BCUT2D eigenvalue weighted by atomic mass is 9.87. The van der Waals surface area contributed by atoms with Crippen LogP contribution in [0.1, 0.15) is 65.2 Å². The van der Waals surface area contributed by atoms with Crippen LogP contribution in [0.5, 0.6) is 0 Å². The third-order valence-corrected chi connectivity index (χ3v) is 4.99. The van der Waals surface area contributed by atoms with Gasteiger partial charge in [-0.2, -0.15) is 0 Å². The van der Waals surface area contributed by atoms with Crippen molar-refractivity contribution in [1.82, 2.24) is 10.6 Å². The number of rotatable bonds is 4. The fraction of sp³-hybridized carbons (Fsp3) is 0.867. The Hall–Kier alpha value is -1.26. The molecule has 0 aliphatic heterocycles. The van der Waals surface area contributed by atoms with Crippen LogP contribution < -0.4 is 10.6 Å². The molecule has 2 rings (SSSR count). The predicted octanol–water partition coefficient (Wildman–Crippen LogP) is 2.65. The van der Waals surface area contributed by atoms with Crippen LogP contribution in [0.4, 0.5) is 4.79 Å². The van der Waals surface area contributed by atoms with E-state index in [2.05, 4.69) is 24.5 Å². The number of hydrogen-bond donors (Lipinski definition) is 3. The van der Waals surface area contributed by atoms with Gasteiger partial charge < -0.3 is 15.7 Å². The molecule has 0 spiro atoms. The number of carbonyl (C=O) groups excluding carboxylic acids is 1. The molecule has 0 heterocycles. The van der Waals surface area contributed by atoms with E-state index in [0.29, 0.717) is 0 Å². The molecule has 0 radical (unpaired) electrons. The van der Waals surface area contributed by atoms with Gasteiger partial charge in [0, 0.05) is 6.04 Å². The van der Waals surface area contributed by atoms with E-state index in [4.69, 9.17) is 5.11 Å². The smallest absolute Gasteiger partial charge is 0.315 e. The van der Waals surface area contributed by atoms with Crippen molar-refractivity contribution in [3.05, 3.63) is 0 Å². The first-order chi connectivity index (χ1) is 9.33. The van der Waals surface area contributed by atoms with Gasteiger partial charge in [-0.3, -0.25) is 4.79 Å². The molecule has 1 unspecified atom stereocenters. The fourth-order valence-electron chi connectivity index (χ4n) is 3.72. The molecule has 2 amide bonds. The highest BCUT2D eigenvalue weighted by atomic mass is 16.4. The van der Waals surface area contributed by atoms with Gasteiger partial charge in [0.2, 0.25) is 0 Å². The number of carboxylic acids is 1. The Labute approximate surface area is 120 Å². The molecule has 0 saturated heterocycles. The Bertz CT molecular complexity index is 387. The monoisotopic (exact) mass is 282 g/mol. The van der Waals surface area contributed by atoms with Crippen LogP contribution in [0.15, 0.2) is 0 Å². The maximum atomic E-state index is 12.2. The van der Waals surface area contributed by atoms with Gasteiger partial charge >= 0.3 is 12.0 Å². The normalized spacial score (nSPS) is 27.2. The number of amides is 2. The molecule has 114 valence electrons. The topological polar surface area (TPSA) is 78.4 Å². The molecular formula is C15H26N2O3. The zero-order valence-electron chi connectivity index (χ0n) is 12.5. The van der Waals surface area contributed by atoms with E-state index >= 15 is 0 Å². The molecule has 20 heavy (non-hydrogen) atoms. The van der Waals surface area contributed by atoms with Crippen LogP contribution in [0, 0.1) is 5.41 Å². The zero-order chi connectivity index (χ0) is 14.8. The van der Waals surface area contributed by atoms with Gasteiger partial charge in [0.25, 0.3) is 0 Å². The van der Waals surface area contributed by atoms with Crippen molar-refractivity contribution < 1.29 is 14.7 Å². The van der Waals surface area contributed by atoms with Gasteiger partial charge in [-0.05, 0) is 31.1 Å². The summed E-state index contributed by atoms with van der Waals surface area (Å²) in [5.74, 6) is -0.839. The van der Waals surface area contributed by atoms with Crippen LogP contribution >= 0.6 is 0 Å². The average molecular weight is 282 g/mol. The van der Waals surface area contributed by atoms with E-state index in [0.717, 1.165) is 44.9 Å². The Balaban J connectivity index is 1.94. The molecule has 0 aromatic heterocycles. The van der Waals surface area contributed by atoms with Crippen molar-refractivity contribution in [1.29, 1.82) is 0 Å². The van der Waals surface area contributed by atoms with Crippen molar-refractivity contribution >= 4 is 12.0 Å². The standard InChI is InChI=1S/C15H26N2O3/c1-14(2)7-5-6-11(14)16-13(20)17-15(10-12(18)19)8-3-4-9-15/h11H,3-10H2,1-2H3,(H,18,19)(H2,16,17,20). The summed E-state index contributed by atoms with van der Waals surface area (Å²) in [6, 6.07) is -0.0149. The average Bonchev–Trinajstić information content (AvgIpc) is 2.86. The maximum absolute atomic E-state index is 12.2.